The maximum atomic E-state index is 13.5. The molecule has 162 valence electrons. The number of alkyl carbamates (subject to hydrolysis) is 1. The van der Waals surface area contributed by atoms with E-state index in [4.69, 9.17) is 9.72 Å². The SMILES string of the molecule is COC(=O)N[C@H](C(=O)N1C[Si](C)(C)C[C@H]1c1nc(-c2ccc(Br)cc2)c[nH]1)C(C)C. The number of ether oxygens (including phenoxy) is 1. The van der Waals surface area contributed by atoms with E-state index in [0.717, 1.165) is 33.8 Å². The molecule has 1 aliphatic rings. The van der Waals surface area contributed by atoms with Gasteiger partial charge in [-0.2, -0.15) is 0 Å². The van der Waals surface area contributed by atoms with Gasteiger partial charge in [-0.3, -0.25) is 4.79 Å². The van der Waals surface area contributed by atoms with Crippen LogP contribution in [-0.2, 0) is 9.53 Å². The van der Waals surface area contributed by atoms with Crippen LogP contribution < -0.4 is 5.32 Å². The van der Waals surface area contributed by atoms with E-state index in [9.17, 15) is 9.59 Å². The summed E-state index contributed by atoms with van der Waals surface area (Å²) in [5.74, 6) is 0.651. The molecule has 3 rings (SSSR count). The van der Waals surface area contributed by atoms with E-state index in [1.165, 1.54) is 7.11 Å². The van der Waals surface area contributed by atoms with E-state index in [1.807, 2.05) is 49.2 Å². The summed E-state index contributed by atoms with van der Waals surface area (Å²) in [5.41, 5.74) is 1.87. The summed E-state index contributed by atoms with van der Waals surface area (Å²) < 4.78 is 5.74. The molecule has 9 heteroatoms. The third kappa shape index (κ3) is 4.95. The molecule has 0 spiro atoms. The van der Waals surface area contributed by atoms with E-state index in [-0.39, 0.29) is 17.9 Å². The van der Waals surface area contributed by atoms with Gasteiger partial charge in [-0.1, -0.05) is 55.0 Å². The highest BCUT2D eigenvalue weighted by molar-refractivity contribution is 9.10. The molecule has 7 nitrogen and oxygen atoms in total. The molecule has 2 aromatic rings. The molecule has 1 aromatic carbocycles. The van der Waals surface area contributed by atoms with Crippen LogP contribution >= 0.6 is 15.9 Å². The van der Waals surface area contributed by atoms with Crippen LogP contribution in [0.5, 0.6) is 0 Å². The molecule has 1 aliphatic heterocycles. The largest absolute Gasteiger partial charge is 0.453 e. The predicted octanol–water partition coefficient (Wildman–Crippen LogP) is 4.35. The fourth-order valence-corrected chi connectivity index (χ4v) is 7.05. The molecule has 2 N–H and O–H groups in total. The summed E-state index contributed by atoms with van der Waals surface area (Å²) in [6.45, 7) is 8.41. The van der Waals surface area contributed by atoms with Crippen molar-refractivity contribution in [2.75, 3.05) is 13.3 Å². The van der Waals surface area contributed by atoms with Crippen molar-refractivity contribution in [3.63, 3.8) is 0 Å². The number of rotatable bonds is 5. The highest BCUT2D eigenvalue weighted by Gasteiger charge is 2.45. The Bertz CT molecular complexity index is 913. The fourth-order valence-electron chi connectivity index (χ4n) is 3.90. The monoisotopic (exact) mass is 492 g/mol. The van der Waals surface area contributed by atoms with Crippen LogP contribution in [0.3, 0.4) is 0 Å². The molecule has 0 bridgehead atoms. The lowest BCUT2D eigenvalue weighted by molar-refractivity contribution is -0.135. The van der Waals surface area contributed by atoms with Gasteiger partial charge in [0.1, 0.15) is 11.9 Å². The average Bonchev–Trinajstić information content (AvgIpc) is 3.30. The van der Waals surface area contributed by atoms with Crippen LogP contribution in [-0.4, -0.2) is 54.3 Å². The molecule has 1 saturated heterocycles. The number of methoxy groups -OCH3 is 1. The molecule has 1 fully saturated rings. The fraction of sp³-hybridized carbons (Fsp3) is 0.476. The third-order valence-electron chi connectivity index (χ3n) is 5.45. The zero-order valence-electron chi connectivity index (χ0n) is 18.0. The number of carbonyl (C=O) groups is 2. The van der Waals surface area contributed by atoms with Crippen molar-refractivity contribution in [3.05, 3.63) is 40.8 Å². The normalized spacial score (nSPS) is 19.0. The minimum Gasteiger partial charge on any atom is -0.453 e. The van der Waals surface area contributed by atoms with Gasteiger partial charge in [-0.05, 0) is 24.1 Å². The number of halogens is 1. The van der Waals surface area contributed by atoms with Crippen LogP contribution in [0.15, 0.2) is 34.9 Å². The first-order valence-electron chi connectivity index (χ1n) is 10.1. The number of amides is 2. The second-order valence-electron chi connectivity index (χ2n) is 8.89. The maximum absolute atomic E-state index is 13.5. The first kappa shape index (κ1) is 22.5. The van der Waals surface area contributed by atoms with E-state index in [1.54, 1.807) is 0 Å². The van der Waals surface area contributed by atoms with Crippen molar-refractivity contribution in [1.29, 1.82) is 0 Å². The molecule has 2 amide bonds. The Morgan fingerprint density at radius 2 is 1.97 bits per heavy atom. The van der Waals surface area contributed by atoms with Crippen molar-refractivity contribution in [1.82, 2.24) is 20.2 Å². The number of nitrogens with one attached hydrogen (secondary N) is 2. The summed E-state index contributed by atoms with van der Waals surface area (Å²) in [7, 11) is -0.319. The maximum Gasteiger partial charge on any atom is 0.407 e. The molecule has 2 heterocycles. The van der Waals surface area contributed by atoms with Crippen molar-refractivity contribution in [3.8, 4) is 11.3 Å². The Hall–Kier alpha value is -2.13. The van der Waals surface area contributed by atoms with Gasteiger partial charge in [0, 0.05) is 22.4 Å². The summed E-state index contributed by atoms with van der Waals surface area (Å²) >= 11 is 3.45. The summed E-state index contributed by atoms with van der Waals surface area (Å²) in [5, 5.41) is 2.71. The minimum absolute atomic E-state index is 0.0578. The quantitative estimate of drug-likeness (QED) is 0.607. The first-order valence-corrected chi connectivity index (χ1v) is 14.3. The summed E-state index contributed by atoms with van der Waals surface area (Å²) in [6.07, 6.45) is 2.03. The van der Waals surface area contributed by atoms with Gasteiger partial charge in [-0.25, -0.2) is 9.78 Å². The highest BCUT2D eigenvalue weighted by Crippen LogP contribution is 2.38. The Kier molecular flexibility index (Phi) is 6.71. The summed E-state index contributed by atoms with van der Waals surface area (Å²) in [4.78, 5) is 35.3. The third-order valence-corrected chi connectivity index (χ3v) is 8.67. The molecule has 30 heavy (non-hydrogen) atoms. The van der Waals surface area contributed by atoms with E-state index >= 15 is 0 Å². The molecule has 1 aromatic heterocycles. The smallest absolute Gasteiger partial charge is 0.407 e. The van der Waals surface area contributed by atoms with E-state index in [2.05, 4.69) is 39.3 Å². The molecular weight excluding hydrogens is 464 g/mol. The van der Waals surface area contributed by atoms with Crippen molar-refractivity contribution in [2.45, 2.75) is 45.1 Å². The number of aromatic nitrogens is 2. The number of carbonyl (C=O) groups excluding carboxylic acids is 2. The number of nitrogens with zero attached hydrogens (tertiary/aromatic N) is 2. The van der Waals surface area contributed by atoms with Crippen LogP contribution in [0.2, 0.25) is 19.1 Å². The van der Waals surface area contributed by atoms with Gasteiger partial charge in [0.15, 0.2) is 0 Å². The highest BCUT2D eigenvalue weighted by atomic mass is 79.9. The van der Waals surface area contributed by atoms with Gasteiger partial charge >= 0.3 is 6.09 Å². The molecule has 0 unspecified atom stereocenters. The van der Waals surface area contributed by atoms with Crippen molar-refractivity contribution in [2.24, 2.45) is 5.92 Å². The first-order chi connectivity index (χ1) is 14.1. The number of benzene rings is 1. The van der Waals surface area contributed by atoms with Gasteiger partial charge in [0.05, 0.1) is 26.9 Å². The Morgan fingerprint density at radius 1 is 1.30 bits per heavy atom. The van der Waals surface area contributed by atoms with Gasteiger partial charge < -0.3 is 19.9 Å². The second kappa shape index (κ2) is 8.93. The van der Waals surface area contributed by atoms with Crippen molar-refractivity contribution >= 4 is 36.0 Å². The molecule has 0 aliphatic carbocycles. The summed E-state index contributed by atoms with van der Waals surface area (Å²) in [6, 6.07) is 8.15. The van der Waals surface area contributed by atoms with E-state index in [0.29, 0.717) is 0 Å². The van der Waals surface area contributed by atoms with Gasteiger partial charge in [-0.15, -0.1) is 0 Å². The lowest BCUT2D eigenvalue weighted by Crippen LogP contribution is -2.52. The van der Waals surface area contributed by atoms with Crippen LogP contribution in [0.4, 0.5) is 4.79 Å². The standard InChI is InChI=1S/C21H29BrN4O3Si/c1-13(2)18(25-21(28)29-3)20(27)26-12-30(4,5)11-17(26)19-23-10-16(24-19)14-6-8-15(22)9-7-14/h6-10,13,17-18H,11-12H2,1-5H3,(H,23,24)(H,25,28)/t17-,18-/m0/s1. The Balaban J connectivity index is 1.88. The van der Waals surface area contributed by atoms with Crippen molar-refractivity contribution < 1.29 is 14.3 Å². The lowest BCUT2D eigenvalue weighted by atomic mass is 10.0. The number of H-pyrrole nitrogens is 1. The van der Waals surface area contributed by atoms with E-state index < -0.39 is 20.2 Å². The van der Waals surface area contributed by atoms with Gasteiger partial charge in [0.2, 0.25) is 5.91 Å². The second-order valence-corrected chi connectivity index (χ2v) is 14.9. The molecule has 0 saturated carbocycles. The molecular formula is C21H29BrN4O3Si. The lowest BCUT2D eigenvalue weighted by Gasteiger charge is -2.30. The predicted molar refractivity (Wildman–Crippen MR) is 123 cm³/mol. The zero-order chi connectivity index (χ0) is 22.1. The number of imidazole rings is 1. The topological polar surface area (TPSA) is 87.3 Å². The minimum atomic E-state index is -1.62. The van der Waals surface area contributed by atoms with Gasteiger partial charge in [0.25, 0.3) is 0 Å². The zero-order valence-corrected chi connectivity index (χ0v) is 20.6. The van der Waals surface area contributed by atoms with Crippen LogP contribution in [0, 0.1) is 5.92 Å². The number of hydrogen-bond acceptors (Lipinski definition) is 4. The molecule has 2 atom stereocenters. The van der Waals surface area contributed by atoms with Crippen LogP contribution in [0.1, 0.15) is 25.7 Å². The number of hydrogen-bond donors (Lipinski definition) is 2. The Morgan fingerprint density at radius 3 is 2.57 bits per heavy atom. The molecule has 0 radical (unpaired) electrons. The Labute approximate surface area is 186 Å². The number of aromatic amines is 1. The van der Waals surface area contributed by atoms with Crippen LogP contribution in [0.25, 0.3) is 11.3 Å². The average molecular weight is 493 g/mol.